The van der Waals surface area contributed by atoms with Gasteiger partial charge in [-0.2, -0.15) is 0 Å². The van der Waals surface area contributed by atoms with E-state index in [2.05, 4.69) is 199 Å². The van der Waals surface area contributed by atoms with E-state index >= 15 is 0 Å². The van der Waals surface area contributed by atoms with Gasteiger partial charge in [-0.1, -0.05) is 146 Å². The van der Waals surface area contributed by atoms with E-state index < -0.39 is 0 Å². The quantitative estimate of drug-likeness (QED) is 0.170. The molecule has 0 radical (unpaired) electrons. The van der Waals surface area contributed by atoms with Crippen LogP contribution in [0.3, 0.4) is 0 Å². The second-order valence-corrected chi connectivity index (χ2v) is 15.1. The van der Waals surface area contributed by atoms with Crippen LogP contribution >= 0.6 is 11.3 Å². The lowest BCUT2D eigenvalue weighted by molar-refractivity contribution is 0.669. The minimum atomic E-state index is 0.889. The first kappa shape index (κ1) is 31.6. The van der Waals surface area contributed by atoms with Crippen molar-refractivity contribution in [3.8, 4) is 33.4 Å². The molecule has 0 N–H and O–H groups in total. The average Bonchev–Trinajstić information content (AvgIpc) is 3.83. The molecular weight excluding hydrogens is 687 g/mol. The fourth-order valence-corrected chi connectivity index (χ4v) is 9.51. The zero-order chi connectivity index (χ0) is 36.3. The third-order valence-corrected chi connectivity index (χ3v) is 12.0. The highest BCUT2D eigenvalue weighted by Crippen LogP contribution is 2.49. The summed E-state index contributed by atoms with van der Waals surface area (Å²) < 4.78 is 8.94. The first-order valence-electron chi connectivity index (χ1n) is 18.7. The van der Waals surface area contributed by atoms with Crippen LogP contribution < -0.4 is 4.90 Å². The van der Waals surface area contributed by atoms with Gasteiger partial charge in [0, 0.05) is 42.2 Å². The van der Waals surface area contributed by atoms with Crippen LogP contribution in [0.25, 0.3) is 86.3 Å². The lowest BCUT2D eigenvalue weighted by Crippen LogP contribution is -2.11. The Labute approximate surface area is 322 Å². The number of rotatable bonds is 6. The molecule has 0 fully saturated rings. The second kappa shape index (κ2) is 12.9. The topological polar surface area (TPSA) is 16.4 Å². The zero-order valence-corrected chi connectivity index (χ0v) is 30.6. The van der Waals surface area contributed by atoms with Crippen LogP contribution in [0.5, 0.6) is 0 Å². The molecule has 2 heterocycles. The Hall–Kier alpha value is -6.94. The van der Waals surface area contributed by atoms with E-state index in [4.69, 9.17) is 4.42 Å². The van der Waals surface area contributed by atoms with Gasteiger partial charge in [0.25, 0.3) is 0 Å². The summed E-state index contributed by atoms with van der Waals surface area (Å²) in [5, 5.41) is 7.27. The largest absolute Gasteiger partial charge is 0.456 e. The molecule has 0 saturated carbocycles. The highest BCUT2D eigenvalue weighted by Gasteiger charge is 2.23. The predicted molar refractivity (Wildman–Crippen MR) is 235 cm³/mol. The molecule has 2 nitrogen and oxygen atoms in total. The van der Waals surface area contributed by atoms with E-state index in [9.17, 15) is 0 Å². The van der Waals surface area contributed by atoms with Crippen molar-refractivity contribution in [2.45, 2.75) is 0 Å². The van der Waals surface area contributed by atoms with Gasteiger partial charge in [0.15, 0.2) is 0 Å². The van der Waals surface area contributed by atoms with Gasteiger partial charge in [-0.3, -0.25) is 0 Å². The number of anilines is 3. The van der Waals surface area contributed by atoms with Crippen molar-refractivity contribution in [1.82, 2.24) is 0 Å². The molecule has 0 saturated heterocycles. The Bertz CT molecular complexity index is 3220. The molecule has 0 aliphatic carbocycles. The maximum absolute atomic E-state index is 6.39. The van der Waals surface area contributed by atoms with Crippen molar-refractivity contribution in [3.63, 3.8) is 0 Å². The lowest BCUT2D eigenvalue weighted by Gasteiger charge is -2.29. The minimum absolute atomic E-state index is 0.889. The molecule has 0 aliphatic rings. The Kier molecular flexibility index (Phi) is 7.39. The van der Waals surface area contributed by atoms with Crippen molar-refractivity contribution >= 4 is 81.3 Å². The summed E-state index contributed by atoms with van der Waals surface area (Å²) >= 11 is 1.85. The Morgan fingerprint density at radius 3 is 1.84 bits per heavy atom. The molecule has 0 atom stereocenters. The summed E-state index contributed by atoms with van der Waals surface area (Å²) in [6.07, 6.45) is 0. The third-order valence-electron chi connectivity index (χ3n) is 10.9. The van der Waals surface area contributed by atoms with Crippen LogP contribution in [0.4, 0.5) is 17.1 Å². The summed E-state index contributed by atoms with van der Waals surface area (Å²) in [5.41, 5.74) is 12.2. The number of furan rings is 1. The van der Waals surface area contributed by atoms with Crippen LogP contribution in [0.15, 0.2) is 205 Å². The standard InChI is InChI=1S/C52H33NOS/c1-2-14-36-33-37(28-27-34(36)13-1)40-16-4-3-15-39(40)35-29-31-38(32-30-35)53(46-22-12-26-50-52(46)44-19-7-10-25-49(44)55-50)45-21-8-5-17-41(45)42-20-11-24-48-51(42)43-18-6-9-23-47(43)54-48/h1-33H. The van der Waals surface area contributed by atoms with Crippen molar-refractivity contribution in [2.75, 3.05) is 4.90 Å². The lowest BCUT2D eigenvalue weighted by atomic mass is 9.93. The van der Waals surface area contributed by atoms with E-state index in [0.717, 1.165) is 50.1 Å². The predicted octanol–water partition coefficient (Wildman–Crippen LogP) is 15.6. The van der Waals surface area contributed by atoms with E-state index in [-0.39, 0.29) is 0 Å². The first-order chi connectivity index (χ1) is 27.3. The van der Waals surface area contributed by atoms with Crippen LogP contribution in [-0.2, 0) is 0 Å². The van der Waals surface area contributed by atoms with Gasteiger partial charge in [-0.15, -0.1) is 11.3 Å². The fraction of sp³-hybridized carbons (Fsp3) is 0. The molecule has 11 rings (SSSR count). The third kappa shape index (κ3) is 5.24. The highest BCUT2D eigenvalue weighted by atomic mass is 32.1. The normalized spacial score (nSPS) is 11.6. The van der Waals surface area contributed by atoms with Gasteiger partial charge in [0.05, 0.1) is 11.4 Å². The zero-order valence-electron chi connectivity index (χ0n) is 29.8. The van der Waals surface area contributed by atoms with Gasteiger partial charge in [-0.25, -0.2) is 0 Å². The van der Waals surface area contributed by atoms with Crippen LogP contribution in [0, 0.1) is 0 Å². The molecule has 0 unspecified atom stereocenters. The van der Waals surface area contributed by atoms with Crippen LogP contribution in [0.2, 0.25) is 0 Å². The highest BCUT2D eigenvalue weighted by molar-refractivity contribution is 7.26. The molecule has 258 valence electrons. The molecule has 55 heavy (non-hydrogen) atoms. The van der Waals surface area contributed by atoms with E-state index in [0.29, 0.717) is 0 Å². The minimum Gasteiger partial charge on any atom is -0.456 e. The maximum Gasteiger partial charge on any atom is 0.136 e. The second-order valence-electron chi connectivity index (χ2n) is 14.0. The van der Waals surface area contributed by atoms with Crippen LogP contribution in [-0.4, -0.2) is 0 Å². The van der Waals surface area contributed by atoms with E-state index in [1.54, 1.807) is 0 Å². The van der Waals surface area contributed by atoms with Gasteiger partial charge < -0.3 is 9.32 Å². The number of para-hydroxylation sites is 2. The van der Waals surface area contributed by atoms with Crippen molar-refractivity contribution in [2.24, 2.45) is 0 Å². The van der Waals surface area contributed by atoms with Crippen molar-refractivity contribution in [3.05, 3.63) is 200 Å². The SMILES string of the molecule is c1ccc(-c2ccc3ccccc3c2)c(-c2ccc(N(c3ccccc3-c3cccc4oc5ccccc5c34)c3cccc4sc5ccccc5c34)cc2)c1. The summed E-state index contributed by atoms with van der Waals surface area (Å²) in [6.45, 7) is 0. The molecular formula is C52H33NOS. The van der Waals surface area contributed by atoms with Gasteiger partial charge in [-0.05, 0) is 93.2 Å². The van der Waals surface area contributed by atoms with Gasteiger partial charge >= 0.3 is 0 Å². The molecule has 0 spiro atoms. The molecule has 0 aliphatic heterocycles. The Morgan fingerprint density at radius 1 is 0.364 bits per heavy atom. The number of fused-ring (bicyclic) bond motifs is 7. The number of nitrogens with zero attached hydrogens (tertiary/aromatic N) is 1. The number of thiophene rings is 1. The fourth-order valence-electron chi connectivity index (χ4n) is 8.38. The monoisotopic (exact) mass is 719 g/mol. The summed E-state index contributed by atoms with van der Waals surface area (Å²) in [4.78, 5) is 2.46. The molecule has 2 aromatic heterocycles. The average molecular weight is 720 g/mol. The summed E-state index contributed by atoms with van der Waals surface area (Å²) in [6, 6.07) is 72.3. The molecule has 0 bridgehead atoms. The molecule has 11 aromatic rings. The van der Waals surface area contributed by atoms with Crippen molar-refractivity contribution < 1.29 is 4.42 Å². The summed E-state index contributed by atoms with van der Waals surface area (Å²) in [5.74, 6) is 0. The van der Waals surface area contributed by atoms with Crippen molar-refractivity contribution in [1.29, 1.82) is 0 Å². The van der Waals surface area contributed by atoms with E-state index in [1.807, 2.05) is 17.4 Å². The number of hydrogen-bond donors (Lipinski definition) is 0. The summed E-state index contributed by atoms with van der Waals surface area (Å²) in [7, 11) is 0. The van der Waals surface area contributed by atoms with Gasteiger partial charge in [0.2, 0.25) is 0 Å². The Balaban J connectivity index is 1.12. The maximum atomic E-state index is 6.39. The van der Waals surface area contributed by atoms with Crippen LogP contribution in [0.1, 0.15) is 0 Å². The first-order valence-corrected chi connectivity index (χ1v) is 19.5. The smallest absolute Gasteiger partial charge is 0.136 e. The number of benzene rings is 9. The van der Waals surface area contributed by atoms with Gasteiger partial charge in [0.1, 0.15) is 11.2 Å². The number of hydrogen-bond acceptors (Lipinski definition) is 3. The molecule has 0 amide bonds. The molecule has 3 heteroatoms. The van der Waals surface area contributed by atoms with E-state index in [1.165, 1.54) is 53.2 Å². The Morgan fingerprint density at radius 2 is 0.964 bits per heavy atom. The molecule has 9 aromatic carbocycles.